The average molecular weight is 550 g/mol. The number of hydrogen-bond acceptors (Lipinski definition) is 3. The SMILES string of the molecule is CCCCCCCCC(CCCCCCCCCCC1CC1CCCCCCCC(=O)OCC)CCN(C)C. The van der Waals surface area contributed by atoms with E-state index in [0.717, 1.165) is 24.2 Å². The van der Waals surface area contributed by atoms with Crippen LogP contribution in [0.2, 0.25) is 0 Å². The smallest absolute Gasteiger partial charge is 0.305 e. The minimum Gasteiger partial charge on any atom is -0.466 e. The third kappa shape index (κ3) is 23.8. The number of carbonyl (C=O) groups is 1. The molecule has 0 aromatic heterocycles. The fourth-order valence-corrected chi connectivity index (χ4v) is 6.44. The molecule has 0 aromatic rings. The average Bonchev–Trinajstić information content (AvgIpc) is 3.67. The van der Waals surface area contributed by atoms with Crippen LogP contribution >= 0.6 is 0 Å². The number of carbonyl (C=O) groups excluding carboxylic acids is 1. The number of unbranched alkanes of at least 4 members (excludes halogenated alkanes) is 16. The molecule has 0 aromatic carbocycles. The summed E-state index contributed by atoms with van der Waals surface area (Å²) in [6.07, 6.45) is 36.0. The van der Waals surface area contributed by atoms with Crippen LogP contribution < -0.4 is 0 Å². The van der Waals surface area contributed by atoms with Crippen molar-refractivity contribution in [3.63, 3.8) is 0 Å². The Hall–Kier alpha value is -0.570. The van der Waals surface area contributed by atoms with E-state index >= 15 is 0 Å². The number of ether oxygens (including phenoxy) is 1. The minimum atomic E-state index is -0.0213. The van der Waals surface area contributed by atoms with E-state index in [1.807, 2.05) is 6.92 Å². The summed E-state index contributed by atoms with van der Waals surface area (Å²) in [5.41, 5.74) is 0. The highest BCUT2D eigenvalue weighted by Crippen LogP contribution is 2.45. The monoisotopic (exact) mass is 550 g/mol. The van der Waals surface area contributed by atoms with Gasteiger partial charge in [0.1, 0.15) is 0 Å². The van der Waals surface area contributed by atoms with Gasteiger partial charge in [-0.25, -0.2) is 0 Å². The predicted molar refractivity (Wildman–Crippen MR) is 171 cm³/mol. The van der Waals surface area contributed by atoms with Crippen LogP contribution in [0.4, 0.5) is 0 Å². The van der Waals surface area contributed by atoms with Crippen LogP contribution in [0.5, 0.6) is 0 Å². The van der Waals surface area contributed by atoms with Gasteiger partial charge in [-0.05, 0) is 64.6 Å². The molecular formula is C36H71NO2. The van der Waals surface area contributed by atoms with E-state index < -0.39 is 0 Å². The van der Waals surface area contributed by atoms with Crippen molar-refractivity contribution >= 4 is 5.97 Å². The molecule has 3 unspecified atom stereocenters. The van der Waals surface area contributed by atoms with E-state index in [1.165, 1.54) is 161 Å². The van der Waals surface area contributed by atoms with Crippen molar-refractivity contribution in [3.8, 4) is 0 Å². The molecule has 1 aliphatic carbocycles. The van der Waals surface area contributed by atoms with Crippen molar-refractivity contribution in [1.82, 2.24) is 4.90 Å². The number of rotatable bonds is 30. The Kier molecular flexibility index (Phi) is 24.6. The molecule has 39 heavy (non-hydrogen) atoms. The molecule has 0 radical (unpaired) electrons. The van der Waals surface area contributed by atoms with Crippen molar-refractivity contribution in [1.29, 1.82) is 0 Å². The van der Waals surface area contributed by atoms with E-state index in [1.54, 1.807) is 0 Å². The summed E-state index contributed by atoms with van der Waals surface area (Å²) in [6, 6.07) is 0. The Labute approximate surface area is 246 Å². The van der Waals surface area contributed by atoms with Gasteiger partial charge in [0.2, 0.25) is 0 Å². The zero-order chi connectivity index (χ0) is 28.4. The van der Waals surface area contributed by atoms with Crippen molar-refractivity contribution in [3.05, 3.63) is 0 Å². The van der Waals surface area contributed by atoms with Gasteiger partial charge in [0.15, 0.2) is 0 Å². The molecule has 232 valence electrons. The Bertz CT molecular complexity index is 534. The zero-order valence-electron chi connectivity index (χ0n) is 27.3. The van der Waals surface area contributed by atoms with E-state index in [-0.39, 0.29) is 5.97 Å². The summed E-state index contributed by atoms with van der Waals surface area (Å²) >= 11 is 0. The molecular weight excluding hydrogens is 478 g/mol. The Morgan fingerprint density at radius 3 is 1.59 bits per heavy atom. The number of hydrogen-bond donors (Lipinski definition) is 0. The molecule has 0 bridgehead atoms. The fraction of sp³-hybridized carbons (Fsp3) is 0.972. The van der Waals surface area contributed by atoms with Gasteiger partial charge in [-0.15, -0.1) is 0 Å². The Morgan fingerprint density at radius 2 is 1.10 bits per heavy atom. The summed E-state index contributed by atoms with van der Waals surface area (Å²) in [4.78, 5) is 13.7. The zero-order valence-corrected chi connectivity index (χ0v) is 27.3. The van der Waals surface area contributed by atoms with Crippen molar-refractivity contribution < 1.29 is 9.53 Å². The standard InChI is InChI=1S/C36H71NO2/c1-5-7-8-9-15-20-25-33(30-31-37(3)4)26-21-16-12-10-11-13-17-22-27-34-32-35(34)28-23-18-14-19-24-29-36(38)39-6-2/h33-35H,5-32H2,1-4H3. The lowest BCUT2D eigenvalue weighted by molar-refractivity contribution is -0.143. The van der Waals surface area contributed by atoms with Crippen LogP contribution in [-0.4, -0.2) is 38.1 Å². The third-order valence-electron chi connectivity index (χ3n) is 9.22. The van der Waals surface area contributed by atoms with Gasteiger partial charge in [-0.1, -0.05) is 148 Å². The largest absolute Gasteiger partial charge is 0.466 e. The molecule has 3 nitrogen and oxygen atoms in total. The van der Waals surface area contributed by atoms with Crippen LogP contribution in [0.25, 0.3) is 0 Å². The van der Waals surface area contributed by atoms with Gasteiger partial charge in [0, 0.05) is 6.42 Å². The van der Waals surface area contributed by atoms with Crippen LogP contribution in [-0.2, 0) is 9.53 Å². The third-order valence-corrected chi connectivity index (χ3v) is 9.22. The highest BCUT2D eigenvalue weighted by molar-refractivity contribution is 5.69. The van der Waals surface area contributed by atoms with E-state index in [2.05, 4.69) is 25.9 Å². The molecule has 0 aliphatic heterocycles. The second kappa shape index (κ2) is 26.3. The summed E-state index contributed by atoms with van der Waals surface area (Å²) in [7, 11) is 4.46. The van der Waals surface area contributed by atoms with Crippen molar-refractivity contribution in [2.24, 2.45) is 17.8 Å². The van der Waals surface area contributed by atoms with E-state index in [9.17, 15) is 4.79 Å². The highest BCUT2D eigenvalue weighted by atomic mass is 16.5. The molecule has 1 rings (SSSR count). The maximum atomic E-state index is 11.3. The van der Waals surface area contributed by atoms with Crippen molar-refractivity contribution in [2.75, 3.05) is 27.2 Å². The molecule has 1 saturated carbocycles. The van der Waals surface area contributed by atoms with Gasteiger partial charge in [-0.3, -0.25) is 4.79 Å². The molecule has 0 spiro atoms. The maximum absolute atomic E-state index is 11.3. The molecule has 3 atom stereocenters. The fourth-order valence-electron chi connectivity index (χ4n) is 6.44. The van der Waals surface area contributed by atoms with Gasteiger partial charge < -0.3 is 9.64 Å². The number of nitrogens with zero attached hydrogens (tertiary/aromatic N) is 1. The maximum Gasteiger partial charge on any atom is 0.305 e. The molecule has 3 heteroatoms. The first-order chi connectivity index (χ1) is 19.1. The van der Waals surface area contributed by atoms with Crippen LogP contribution in [0.3, 0.4) is 0 Å². The predicted octanol–water partition coefficient (Wildman–Crippen LogP) is 11.1. The second-order valence-corrected chi connectivity index (χ2v) is 13.3. The first-order valence-corrected chi connectivity index (χ1v) is 17.9. The first kappa shape index (κ1) is 36.5. The first-order valence-electron chi connectivity index (χ1n) is 17.9. The number of esters is 1. The highest BCUT2D eigenvalue weighted by Gasteiger charge is 2.34. The normalized spacial score (nSPS) is 17.6. The van der Waals surface area contributed by atoms with Gasteiger partial charge >= 0.3 is 5.97 Å². The summed E-state index contributed by atoms with van der Waals surface area (Å²) in [5, 5.41) is 0. The lowest BCUT2D eigenvalue weighted by Crippen LogP contribution is -2.17. The summed E-state index contributed by atoms with van der Waals surface area (Å²) < 4.78 is 4.99. The lowest BCUT2D eigenvalue weighted by Gasteiger charge is -2.19. The molecule has 0 heterocycles. The minimum absolute atomic E-state index is 0.0213. The van der Waals surface area contributed by atoms with E-state index in [4.69, 9.17) is 4.74 Å². The van der Waals surface area contributed by atoms with Crippen LogP contribution in [0.15, 0.2) is 0 Å². The Morgan fingerprint density at radius 1 is 0.641 bits per heavy atom. The Balaban J connectivity index is 1.87. The van der Waals surface area contributed by atoms with Gasteiger partial charge in [0.05, 0.1) is 6.61 Å². The summed E-state index contributed by atoms with van der Waals surface area (Å²) in [5.74, 6) is 3.05. The van der Waals surface area contributed by atoms with Crippen LogP contribution in [0, 0.1) is 17.8 Å². The molecule has 1 aliphatic rings. The summed E-state index contributed by atoms with van der Waals surface area (Å²) in [6.45, 7) is 5.97. The molecule has 0 N–H and O–H groups in total. The van der Waals surface area contributed by atoms with Gasteiger partial charge in [-0.2, -0.15) is 0 Å². The van der Waals surface area contributed by atoms with Crippen molar-refractivity contribution in [2.45, 2.75) is 181 Å². The second-order valence-electron chi connectivity index (χ2n) is 13.3. The van der Waals surface area contributed by atoms with E-state index in [0.29, 0.717) is 13.0 Å². The lowest BCUT2D eigenvalue weighted by atomic mass is 9.91. The molecule has 0 amide bonds. The van der Waals surface area contributed by atoms with Crippen LogP contribution in [0.1, 0.15) is 181 Å². The molecule has 0 saturated heterocycles. The molecule has 1 fully saturated rings. The van der Waals surface area contributed by atoms with Gasteiger partial charge in [0.25, 0.3) is 0 Å². The topological polar surface area (TPSA) is 29.5 Å². The quantitative estimate of drug-likeness (QED) is 0.0659.